The van der Waals surface area contributed by atoms with Crippen molar-refractivity contribution >= 4 is 17.4 Å². The normalized spacial score (nSPS) is 27.3. The average molecular weight is 287 g/mol. The SMILES string of the molecule is Fc1cnc(Cl)nc1NCC1CN2CCCC2CO1. The minimum atomic E-state index is -0.501. The molecule has 19 heavy (non-hydrogen) atoms. The fourth-order valence-corrected chi connectivity index (χ4v) is 2.82. The predicted octanol–water partition coefficient (Wildman–Crippen LogP) is 1.54. The molecule has 3 heterocycles. The molecule has 3 rings (SSSR count). The summed E-state index contributed by atoms with van der Waals surface area (Å²) in [5.41, 5.74) is 0. The number of nitrogens with one attached hydrogen (secondary N) is 1. The summed E-state index contributed by atoms with van der Waals surface area (Å²) in [5, 5.41) is 2.98. The molecule has 0 bridgehead atoms. The van der Waals surface area contributed by atoms with Crippen LogP contribution in [0.25, 0.3) is 0 Å². The van der Waals surface area contributed by atoms with Crippen LogP contribution in [0, 0.1) is 5.82 Å². The van der Waals surface area contributed by atoms with Crippen molar-refractivity contribution in [1.29, 1.82) is 0 Å². The van der Waals surface area contributed by atoms with Crippen LogP contribution in [0.4, 0.5) is 10.2 Å². The molecule has 2 saturated heterocycles. The highest BCUT2D eigenvalue weighted by molar-refractivity contribution is 6.28. The van der Waals surface area contributed by atoms with Gasteiger partial charge in [0.15, 0.2) is 11.6 Å². The van der Waals surface area contributed by atoms with Gasteiger partial charge in [0.1, 0.15) is 0 Å². The van der Waals surface area contributed by atoms with Gasteiger partial charge in [0.05, 0.1) is 18.9 Å². The van der Waals surface area contributed by atoms with Crippen molar-refractivity contribution < 1.29 is 9.13 Å². The molecule has 1 N–H and O–H groups in total. The highest BCUT2D eigenvalue weighted by Gasteiger charge is 2.32. The molecule has 1 aromatic heterocycles. The Morgan fingerprint density at radius 3 is 3.37 bits per heavy atom. The van der Waals surface area contributed by atoms with Crippen molar-refractivity contribution in [3.05, 3.63) is 17.3 Å². The number of anilines is 1. The summed E-state index contributed by atoms with van der Waals surface area (Å²) in [6.07, 6.45) is 3.58. The van der Waals surface area contributed by atoms with Crippen LogP contribution in [0.5, 0.6) is 0 Å². The number of halogens is 2. The zero-order chi connectivity index (χ0) is 13.2. The van der Waals surface area contributed by atoms with E-state index in [9.17, 15) is 4.39 Å². The van der Waals surface area contributed by atoms with E-state index in [1.807, 2.05) is 0 Å². The van der Waals surface area contributed by atoms with Crippen LogP contribution in [0.1, 0.15) is 12.8 Å². The Balaban J connectivity index is 1.56. The summed E-state index contributed by atoms with van der Waals surface area (Å²) < 4.78 is 19.2. The summed E-state index contributed by atoms with van der Waals surface area (Å²) >= 11 is 5.64. The van der Waals surface area contributed by atoms with Gasteiger partial charge in [-0.2, -0.15) is 4.98 Å². The van der Waals surface area contributed by atoms with Crippen LogP contribution in [0.3, 0.4) is 0 Å². The third-order valence-electron chi connectivity index (χ3n) is 3.67. The van der Waals surface area contributed by atoms with E-state index in [2.05, 4.69) is 20.2 Å². The molecule has 0 spiro atoms. The lowest BCUT2D eigenvalue weighted by Gasteiger charge is -2.35. The highest BCUT2D eigenvalue weighted by Crippen LogP contribution is 2.22. The topological polar surface area (TPSA) is 50.3 Å². The van der Waals surface area contributed by atoms with Gasteiger partial charge in [-0.25, -0.2) is 9.37 Å². The van der Waals surface area contributed by atoms with E-state index in [-0.39, 0.29) is 17.2 Å². The van der Waals surface area contributed by atoms with E-state index in [0.717, 1.165) is 25.9 Å². The third-order valence-corrected chi connectivity index (χ3v) is 3.86. The summed E-state index contributed by atoms with van der Waals surface area (Å²) in [6, 6.07) is 0.571. The van der Waals surface area contributed by atoms with Crippen LogP contribution in [0.15, 0.2) is 6.20 Å². The number of ether oxygens (including phenoxy) is 1. The van der Waals surface area contributed by atoms with E-state index in [1.54, 1.807) is 0 Å². The van der Waals surface area contributed by atoms with Crippen LogP contribution in [0.2, 0.25) is 5.28 Å². The average Bonchev–Trinajstić information content (AvgIpc) is 2.87. The molecule has 2 atom stereocenters. The van der Waals surface area contributed by atoms with E-state index >= 15 is 0 Å². The standard InChI is InChI=1S/C12H16ClFN4O/c13-12-16-5-10(14)11(17-12)15-4-9-6-18-3-1-2-8(18)7-19-9/h5,8-9H,1-4,6-7H2,(H,15,16,17). The molecule has 2 aliphatic heterocycles. The van der Waals surface area contributed by atoms with Gasteiger partial charge in [-0.05, 0) is 31.0 Å². The summed E-state index contributed by atoms with van der Waals surface area (Å²) in [5.74, 6) is -0.369. The summed E-state index contributed by atoms with van der Waals surface area (Å²) in [7, 11) is 0. The molecular weight excluding hydrogens is 271 g/mol. The van der Waals surface area contributed by atoms with Crippen molar-refractivity contribution in [2.45, 2.75) is 25.0 Å². The van der Waals surface area contributed by atoms with Crippen LogP contribution in [-0.4, -0.2) is 53.3 Å². The van der Waals surface area contributed by atoms with Gasteiger partial charge >= 0.3 is 0 Å². The second-order valence-electron chi connectivity index (χ2n) is 4.96. The van der Waals surface area contributed by atoms with Gasteiger partial charge in [-0.3, -0.25) is 4.90 Å². The van der Waals surface area contributed by atoms with E-state index in [4.69, 9.17) is 16.3 Å². The number of rotatable bonds is 3. The molecule has 2 unspecified atom stereocenters. The molecule has 104 valence electrons. The minimum absolute atomic E-state index is 0.0352. The minimum Gasteiger partial charge on any atom is -0.373 e. The van der Waals surface area contributed by atoms with Crippen molar-refractivity contribution in [3.8, 4) is 0 Å². The molecule has 7 heteroatoms. The van der Waals surface area contributed by atoms with E-state index in [0.29, 0.717) is 12.6 Å². The van der Waals surface area contributed by atoms with Crippen LogP contribution < -0.4 is 5.32 Å². The largest absolute Gasteiger partial charge is 0.373 e. The van der Waals surface area contributed by atoms with Gasteiger partial charge in [0, 0.05) is 19.1 Å². The van der Waals surface area contributed by atoms with Gasteiger partial charge in [0.2, 0.25) is 5.28 Å². The molecule has 0 aliphatic carbocycles. The highest BCUT2D eigenvalue weighted by atomic mass is 35.5. The van der Waals surface area contributed by atoms with Gasteiger partial charge in [0.25, 0.3) is 0 Å². The molecule has 0 aromatic carbocycles. The van der Waals surface area contributed by atoms with Gasteiger partial charge in [-0.15, -0.1) is 0 Å². The number of hydrogen-bond donors (Lipinski definition) is 1. The maximum Gasteiger partial charge on any atom is 0.224 e. The Labute approximate surface area is 116 Å². The number of hydrogen-bond acceptors (Lipinski definition) is 5. The maximum absolute atomic E-state index is 13.4. The van der Waals surface area contributed by atoms with Crippen molar-refractivity contribution in [2.24, 2.45) is 0 Å². The van der Waals surface area contributed by atoms with Crippen LogP contribution in [-0.2, 0) is 4.74 Å². The number of aromatic nitrogens is 2. The molecule has 0 saturated carbocycles. The first-order valence-corrected chi connectivity index (χ1v) is 6.88. The molecule has 1 aromatic rings. The number of nitrogens with zero attached hydrogens (tertiary/aromatic N) is 3. The van der Waals surface area contributed by atoms with Crippen LogP contribution >= 0.6 is 11.6 Å². The fraction of sp³-hybridized carbons (Fsp3) is 0.667. The van der Waals surface area contributed by atoms with Crippen molar-refractivity contribution in [2.75, 3.05) is 31.6 Å². The number of fused-ring (bicyclic) bond motifs is 1. The predicted molar refractivity (Wildman–Crippen MR) is 69.8 cm³/mol. The lowest BCUT2D eigenvalue weighted by molar-refractivity contribution is -0.0416. The summed E-state index contributed by atoms with van der Waals surface area (Å²) in [6.45, 7) is 3.31. The monoisotopic (exact) mass is 286 g/mol. The zero-order valence-corrected chi connectivity index (χ0v) is 11.2. The molecular formula is C12H16ClFN4O. The van der Waals surface area contributed by atoms with Gasteiger partial charge < -0.3 is 10.1 Å². The fourth-order valence-electron chi connectivity index (χ4n) is 2.69. The Morgan fingerprint density at radius 2 is 2.47 bits per heavy atom. The first-order chi connectivity index (χ1) is 9.22. The van der Waals surface area contributed by atoms with E-state index < -0.39 is 5.82 Å². The first kappa shape index (κ1) is 13.0. The van der Waals surface area contributed by atoms with Gasteiger partial charge in [-0.1, -0.05) is 0 Å². The second-order valence-corrected chi connectivity index (χ2v) is 5.30. The first-order valence-electron chi connectivity index (χ1n) is 6.50. The molecule has 2 fully saturated rings. The Bertz CT molecular complexity index is 461. The smallest absolute Gasteiger partial charge is 0.224 e. The molecule has 0 radical (unpaired) electrons. The summed E-state index contributed by atoms with van der Waals surface area (Å²) in [4.78, 5) is 9.84. The lowest BCUT2D eigenvalue weighted by atomic mass is 10.2. The van der Waals surface area contributed by atoms with Crippen molar-refractivity contribution in [1.82, 2.24) is 14.9 Å². The lowest BCUT2D eigenvalue weighted by Crippen LogP contribution is -2.48. The molecule has 5 nitrogen and oxygen atoms in total. The Morgan fingerprint density at radius 1 is 1.58 bits per heavy atom. The Hall–Kier alpha value is -0.980. The number of morpholine rings is 1. The van der Waals surface area contributed by atoms with Crippen molar-refractivity contribution in [3.63, 3.8) is 0 Å². The Kier molecular flexibility index (Phi) is 3.81. The zero-order valence-electron chi connectivity index (χ0n) is 10.5. The molecule has 2 aliphatic rings. The second kappa shape index (κ2) is 5.56. The molecule has 0 amide bonds. The third kappa shape index (κ3) is 2.96. The quantitative estimate of drug-likeness (QED) is 0.855. The van der Waals surface area contributed by atoms with E-state index in [1.165, 1.54) is 12.8 Å². The maximum atomic E-state index is 13.4.